The van der Waals surface area contributed by atoms with Crippen molar-refractivity contribution in [2.45, 2.75) is 88.8 Å². The summed E-state index contributed by atoms with van der Waals surface area (Å²) in [5.41, 5.74) is -0.913. The molecule has 2 aromatic heterocycles. The molecule has 41 heavy (non-hydrogen) atoms. The Bertz CT molecular complexity index is 1370. The summed E-state index contributed by atoms with van der Waals surface area (Å²) in [5, 5.41) is 9.59. The van der Waals surface area contributed by atoms with Crippen LogP contribution in [0.3, 0.4) is 0 Å². The van der Waals surface area contributed by atoms with Crippen LogP contribution in [0.4, 0.5) is 22.0 Å². The summed E-state index contributed by atoms with van der Waals surface area (Å²) < 4.78 is 79.4. The van der Waals surface area contributed by atoms with Crippen molar-refractivity contribution < 1.29 is 31.5 Å². The molecule has 1 saturated heterocycles. The van der Waals surface area contributed by atoms with Gasteiger partial charge in [-0.1, -0.05) is 6.07 Å². The fourth-order valence-corrected chi connectivity index (χ4v) is 5.93. The van der Waals surface area contributed by atoms with Crippen molar-refractivity contribution >= 4 is 16.8 Å². The van der Waals surface area contributed by atoms with Crippen LogP contribution < -0.4 is 5.32 Å². The smallest absolute Gasteiger partial charge is 0.373 e. The predicted molar refractivity (Wildman–Crippen MR) is 143 cm³/mol. The van der Waals surface area contributed by atoms with Gasteiger partial charge < -0.3 is 15.0 Å². The highest BCUT2D eigenvalue weighted by atomic mass is 19.4. The molecule has 0 spiro atoms. The molecule has 0 unspecified atom stereocenters. The number of halogens is 5. The van der Waals surface area contributed by atoms with E-state index in [1.807, 2.05) is 0 Å². The summed E-state index contributed by atoms with van der Waals surface area (Å²) in [7, 11) is 0. The third kappa shape index (κ3) is 6.53. The standard InChI is InChI=1S/C29H34F5N5O2/c1-17(2)39-12-8-21(9-13-39)41-23-4-3-10-28(30,31)27(23)37-24(40)15-18-7-11-35-26(25(18)29(32,33)34)19-5-6-22-20(14-19)16-36-38-22/h5-7,11,14,16-17,21,23,27H,3-4,8-10,12-13,15H2,1-2H3,(H,36,38)(H,37,40)/t23-,27+/m0/s1. The number of amides is 1. The molecule has 222 valence electrons. The van der Waals surface area contributed by atoms with E-state index >= 15 is 8.78 Å². The molecule has 1 aromatic carbocycles. The number of benzene rings is 1. The Morgan fingerprint density at radius 3 is 2.66 bits per heavy atom. The first-order valence-corrected chi connectivity index (χ1v) is 14.0. The number of H-pyrrole nitrogens is 1. The second-order valence-electron chi connectivity index (χ2n) is 11.2. The Morgan fingerprint density at radius 1 is 1.20 bits per heavy atom. The lowest BCUT2D eigenvalue weighted by molar-refractivity contribution is -0.157. The maximum Gasteiger partial charge on any atom is 0.418 e. The molecule has 1 aliphatic carbocycles. The zero-order valence-corrected chi connectivity index (χ0v) is 23.0. The van der Waals surface area contributed by atoms with Crippen molar-refractivity contribution in [3.05, 3.63) is 47.8 Å². The molecule has 1 amide bonds. The van der Waals surface area contributed by atoms with Gasteiger partial charge in [0.1, 0.15) is 6.04 Å². The molecular formula is C29H34F5N5O2. The van der Waals surface area contributed by atoms with Gasteiger partial charge >= 0.3 is 6.18 Å². The van der Waals surface area contributed by atoms with Crippen LogP contribution in [0.5, 0.6) is 0 Å². The number of likely N-dealkylation sites (tertiary alicyclic amines) is 1. The number of rotatable bonds is 7. The lowest BCUT2D eigenvalue weighted by atomic mass is 9.88. The number of aromatic amines is 1. The molecule has 7 nitrogen and oxygen atoms in total. The van der Waals surface area contributed by atoms with Gasteiger partial charge in [0, 0.05) is 42.7 Å². The predicted octanol–water partition coefficient (Wildman–Crippen LogP) is 5.75. The molecule has 0 bridgehead atoms. The highest BCUT2D eigenvalue weighted by Gasteiger charge is 2.49. The quantitative estimate of drug-likeness (QED) is 0.349. The number of alkyl halides is 5. The largest absolute Gasteiger partial charge is 0.418 e. The van der Waals surface area contributed by atoms with E-state index < -0.39 is 48.6 Å². The third-order valence-corrected chi connectivity index (χ3v) is 8.10. The number of carbonyl (C=O) groups is 1. The number of nitrogens with one attached hydrogen (secondary N) is 2. The van der Waals surface area contributed by atoms with Crippen LogP contribution in [0.25, 0.3) is 22.2 Å². The van der Waals surface area contributed by atoms with Crippen molar-refractivity contribution in [2.75, 3.05) is 13.1 Å². The number of aromatic nitrogens is 3. The van der Waals surface area contributed by atoms with Crippen LogP contribution in [0.2, 0.25) is 0 Å². The minimum Gasteiger partial charge on any atom is -0.373 e. The number of carbonyl (C=O) groups excluding carboxylic acids is 1. The zero-order valence-electron chi connectivity index (χ0n) is 23.0. The topological polar surface area (TPSA) is 83.1 Å². The third-order valence-electron chi connectivity index (χ3n) is 8.10. The van der Waals surface area contributed by atoms with E-state index in [1.165, 1.54) is 24.5 Å². The Labute approximate surface area is 234 Å². The molecular weight excluding hydrogens is 545 g/mol. The van der Waals surface area contributed by atoms with E-state index in [4.69, 9.17) is 4.74 Å². The molecule has 3 aromatic rings. The minimum absolute atomic E-state index is 0.198. The molecule has 1 aliphatic heterocycles. The Hall–Kier alpha value is -3.12. The van der Waals surface area contributed by atoms with E-state index in [0.29, 0.717) is 36.2 Å². The molecule has 12 heteroatoms. The molecule has 2 atom stereocenters. The monoisotopic (exact) mass is 579 g/mol. The Balaban J connectivity index is 1.35. The van der Waals surface area contributed by atoms with Crippen molar-refractivity contribution in [3.8, 4) is 11.3 Å². The molecule has 5 rings (SSSR count). The zero-order chi connectivity index (χ0) is 29.4. The molecule has 2 fully saturated rings. The summed E-state index contributed by atoms with van der Waals surface area (Å²) in [6, 6.07) is 4.47. The van der Waals surface area contributed by atoms with Crippen molar-refractivity contribution in [3.63, 3.8) is 0 Å². The van der Waals surface area contributed by atoms with Gasteiger partial charge in [0.05, 0.1) is 41.6 Å². The van der Waals surface area contributed by atoms with Gasteiger partial charge in [-0.05, 0) is 63.3 Å². The first-order chi connectivity index (χ1) is 19.4. The van der Waals surface area contributed by atoms with Gasteiger partial charge in [-0.2, -0.15) is 18.3 Å². The number of hydrogen-bond acceptors (Lipinski definition) is 5. The normalized spacial score (nSPS) is 22.3. The van der Waals surface area contributed by atoms with Crippen LogP contribution >= 0.6 is 0 Å². The first-order valence-electron chi connectivity index (χ1n) is 14.0. The van der Waals surface area contributed by atoms with Gasteiger partial charge in [0.25, 0.3) is 5.92 Å². The number of fused-ring (bicyclic) bond motifs is 1. The maximum absolute atomic E-state index is 15.1. The highest BCUT2D eigenvalue weighted by molar-refractivity contribution is 5.85. The first kappa shape index (κ1) is 29.4. The van der Waals surface area contributed by atoms with Crippen LogP contribution in [-0.4, -0.2) is 69.3 Å². The SMILES string of the molecule is CC(C)N1CCC(O[C@H]2CCCC(F)(F)[C@@H]2NC(=O)Cc2ccnc(-c3ccc4[nH]ncc4c3)c2C(F)(F)F)CC1. The average molecular weight is 580 g/mol. The van der Waals surface area contributed by atoms with E-state index in [-0.39, 0.29) is 29.3 Å². The van der Waals surface area contributed by atoms with Crippen molar-refractivity contribution in [1.29, 1.82) is 0 Å². The van der Waals surface area contributed by atoms with Crippen molar-refractivity contribution in [1.82, 2.24) is 25.4 Å². The van der Waals surface area contributed by atoms with Gasteiger partial charge in [-0.15, -0.1) is 0 Å². The van der Waals surface area contributed by atoms with Gasteiger partial charge in [-0.3, -0.25) is 14.9 Å². The molecule has 3 heterocycles. The van der Waals surface area contributed by atoms with Crippen LogP contribution in [-0.2, 0) is 22.1 Å². The number of ether oxygens (including phenoxy) is 1. The van der Waals surface area contributed by atoms with Gasteiger partial charge in [0.2, 0.25) is 5.91 Å². The van der Waals surface area contributed by atoms with E-state index in [9.17, 15) is 18.0 Å². The van der Waals surface area contributed by atoms with E-state index in [1.54, 1.807) is 6.07 Å². The maximum atomic E-state index is 15.1. The fraction of sp³-hybridized carbons (Fsp3) is 0.552. The minimum atomic E-state index is -4.84. The van der Waals surface area contributed by atoms with Gasteiger partial charge in [0.15, 0.2) is 0 Å². The number of piperidine rings is 1. The molecule has 0 radical (unpaired) electrons. The van der Waals surface area contributed by atoms with Crippen LogP contribution in [0, 0.1) is 0 Å². The molecule has 2 aliphatic rings. The van der Waals surface area contributed by atoms with Crippen LogP contribution in [0.1, 0.15) is 57.1 Å². The summed E-state index contributed by atoms with van der Waals surface area (Å²) >= 11 is 0. The van der Waals surface area contributed by atoms with Crippen molar-refractivity contribution in [2.24, 2.45) is 0 Å². The lowest BCUT2D eigenvalue weighted by Crippen LogP contribution is -2.58. The average Bonchev–Trinajstić information content (AvgIpc) is 3.38. The van der Waals surface area contributed by atoms with E-state index in [2.05, 4.69) is 39.2 Å². The summed E-state index contributed by atoms with van der Waals surface area (Å²) in [4.78, 5) is 19.4. The Kier molecular flexibility index (Phi) is 8.34. The fourth-order valence-electron chi connectivity index (χ4n) is 5.93. The summed E-state index contributed by atoms with van der Waals surface area (Å²) in [5.74, 6) is -4.17. The lowest BCUT2D eigenvalue weighted by Gasteiger charge is -2.42. The highest BCUT2D eigenvalue weighted by Crippen LogP contribution is 2.40. The second-order valence-corrected chi connectivity index (χ2v) is 11.2. The Morgan fingerprint density at radius 2 is 1.95 bits per heavy atom. The second kappa shape index (κ2) is 11.6. The molecule has 1 saturated carbocycles. The van der Waals surface area contributed by atoms with Gasteiger partial charge in [-0.25, -0.2) is 8.78 Å². The summed E-state index contributed by atoms with van der Waals surface area (Å²) in [6.07, 6.45) is -2.48. The van der Waals surface area contributed by atoms with E-state index in [0.717, 1.165) is 19.2 Å². The molecule has 2 N–H and O–H groups in total. The summed E-state index contributed by atoms with van der Waals surface area (Å²) in [6.45, 7) is 5.78. The number of hydrogen-bond donors (Lipinski definition) is 2. The number of nitrogens with zero attached hydrogens (tertiary/aromatic N) is 3. The number of pyridine rings is 1. The van der Waals surface area contributed by atoms with Crippen LogP contribution in [0.15, 0.2) is 36.7 Å².